The van der Waals surface area contributed by atoms with Gasteiger partial charge in [-0.15, -0.1) is 0 Å². The van der Waals surface area contributed by atoms with Gasteiger partial charge in [-0.1, -0.05) is 24.5 Å². The SMILES string of the molecule is CCOC(=O)c1noc(-c2cc3cc(C)ccc3nc2N2CCC(NC3CCCCC3O)CC2)n1. The standard InChI is InChI=1S/C26H33N5O4/c1-3-34-26(33)23-29-25(35-30-23)19-15-17-14-16(2)8-9-20(17)28-24(19)31-12-10-18(11-13-31)27-21-6-4-5-7-22(21)32/h8-9,14-15,18,21-22,27,32H,3-7,10-13H2,1-2H3. The predicted octanol–water partition coefficient (Wildman–Crippen LogP) is 3.63. The average Bonchev–Trinajstić information content (AvgIpc) is 3.36. The van der Waals surface area contributed by atoms with E-state index in [1.807, 2.05) is 19.1 Å². The fourth-order valence-corrected chi connectivity index (χ4v) is 5.16. The summed E-state index contributed by atoms with van der Waals surface area (Å²) in [6.45, 7) is 5.65. The van der Waals surface area contributed by atoms with Crippen molar-refractivity contribution in [3.63, 3.8) is 0 Å². The Kier molecular flexibility index (Phi) is 6.97. The molecule has 2 aliphatic rings. The van der Waals surface area contributed by atoms with Crippen LogP contribution in [0, 0.1) is 6.92 Å². The number of aliphatic hydroxyl groups excluding tert-OH is 1. The number of fused-ring (bicyclic) bond motifs is 1. The van der Waals surface area contributed by atoms with Crippen molar-refractivity contribution in [3.8, 4) is 11.5 Å². The van der Waals surface area contributed by atoms with Gasteiger partial charge in [0.1, 0.15) is 5.82 Å². The lowest BCUT2D eigenvalue weighted by atomic mass is 9.91. The smallest absolute Gasteiger partial charge is 0.379 e. The summed E-state index contributed by atoms with van der Waals surface area (Å²) in [5.41, 5.74) is 2.73. The van der Waals surface area contributed by atoms with E-state index in [0.717, 1.165) is 67.5 Å². The van der Waals surface area contributed by atoms with Crippen LogP contribution in [0.2, 0.25) is 0 Å². The van der Waals surface area contributed by atoms with Gasteiger partial charge in [-0.05, 0) is 62.9 Å². The minimum atomic E-state index is -0.606. The van der Waals surface area contributed by atoms with Crippen molar-refractivity contribution in [3.05, 3.63) is 35.7 Å². The molecule has 1 aliphatic carbocycles. The van der Waals surface area contributed by atoms with Crippen molar-refractivity contribution >= 4 is 22.7 Å². The fraction of sp³-hybridized carbons (Fsp3) is 0.538. The van der Waals surface area contributed by atoms with Gasteiger partial charge in [-0.3, -0.25) is 0 Å². The fourth-order valence-electron chi connectivity index (χ4n) is 5.16. The lowest BCUT2D eigenvalue weighted by Crippen LogP contribution is -2.51. The Labute approximate surface area is 204 Å². The molecule has 1 aromatic carbocycles. The molecule has 0 radical (unpaired) electrons. The summed E-state index contributed by atoms with van der Waals surface area (Å²) in [7, 11) is 0. The van der Waals surface area contributed by atoms with E-state index >= 15 is 0 Å². The zero-order chi connectivity index (χ0) is 24.4. The molecular weight excluding hydrogens is 446 g/mol. The van der Waals surface area contributed by atoms with Crippen LogP contribution in [0.15, 0.2) is 28.8 Å². The quantitative estimate of drug-likeness (QED) is 0.512. The van der Waals surface area contributed by atoms with Crippen molar-refractivity contribution in [2.45, 2.75) is 70.6 Å². The van der Waals surface area contributed by atoms with Crippen molar-refractivity contribution < 1.29 is 19.2 Å². The van der Waals surface area contributed by atoms with Gasteiger partial charge in [0, 0.05) is 30.6 Å². The second-order valence-electron chi connectivity index (χ2n) is 9.59. The third-order valence-corrected chi connectivity index (χ3v) is 7.04. The molecule has 3 aromatic rings. The van der Waals surface area contributed by atoms with Crippen molar-refractivity contribution in [1.29, 1.82) is 0 Å². The second kappa shape index (κ2) is 10.3. The Morgan fingerprint density at radius 2 is 1.97 bits per heavy atom. The highest BCUT2D eigenvalue weighted by atomic mass is 16.5. The number of piperidine rings is 1. The molecule has 2 fully saturated rings. The Bertz CT molecular complexity index is 1190. The van der Waals surface area contributed by atoms with E-state index in [1.165, 1.54) is 6.42 Å². The highest BCUT2D eigenvalue weighted by Crippen LogP contribution is 2.34. The maximum absolute atomic E-state index is 12.1. The number of nitrogens with one attached hydrogen (secondary N) is 1. The zero-order valence-corrected chi connectivity index (χ0v) is 20.4. The van der Waals surface area contributed by atoms with Crippen LogP contribution in [0.3, 0.4) is 0 Å². The molecule has 3 heterocycles. The van der Waals surface area contributed by atoms with E-state index in [2.05, 4.69) is 32.5 Å². The summed E-state index contributed by atoms with van der Waals surface area (Å²) in [4.78, 5) is 23.7. The molecule has 1 saturated carbocycles. The summed E-state index contributed by atoms with van der Waals surface area (Å²) in [6.07, 6.45) is 5.87. The maximum atomic E-state index is 12.1. The van der Waals surface area contributed by atoms with Crippen LogP contribution in [-0.4, -0.2) is 64.1 Å². The molecule has 35 heavy (non-hydrogen) atoms. The molecule has 2 atom stereocenters. The van der Waals surface area contributed by atoms with Gasteiger partial charge in [0.05, 0.1) is 23.8 Å². The van der Waals surface area contributed by atoms with E-state index in [1.54, 1.807) is 6.92 Å². The Morgan fingerprint density at radius 3 is 2.74 bits per heavy atom. The van der Waals surface area contributed by atoms with E-state index in [4.69, 9.17) is 14.2 Å². The third kappa shape index (κ3) is 5.16. The molecule has 186 valence electrons. The Hall–Kier alpha value is -3.04. The highest BCUT2D eigenvalue weighted by molar-refractivity contribution is 5.89. The van der Waals surface area contributed by atoms with Gasteiger partial charge in [-0.25, -0.2) is 9.78 Å². The lowest BCUT2D eigenvalue weighted by Gasteiger charge is -2.38. The number of benzene rings is 1. The molecule has 1 saturated heterocycles. The van der Waals surface area contributed by atoms with Gasteiger partial charge in [0.25, 0.3) is 11.7 Å². The second-order valence-corrected chi connectivity index (χ2v) is 9.59. The topological polar surface area (TPSA) is 114 Å². The van der Waals surface area contributed by atoms with Crippen molar-refractivity contribution in [2.24, 2.45) is 0 Å². The number of pyridine rings is 1. The third-order valence-electron chi connectivity index (χ3n) is 7.04. The molecule has 2 N–H and O–H groups in total. The van der Waals surface area contributed by atoms with Crippen LogP contribution in [-0.2, 0) is 4.74 Å². The number of aromatic nitrogens is 3. The predicted molar refractivity (Wildman–Crippen MR) is 132 cm³/mol. The minimum absolute atomic E-state index is 0.0916. The number of anilines is 1. The average molecular weight is 480 g/mol. The van der Waals surface area contributed by atoms with Crippen LogP contribution >= 0.6 is 0 Å². The van der Waals surface area contributed by atoms with Crippen LogP contribution in [0.4, 0.5) is 5.82 Å². The number of rotatable bonds is 6. The van der Waals surface area contributed by atoms with Gasteiger partial charge in [0.2, 0.25) is 0 Å². The maximum Gasteiger partial charge on any atom is 0.379 e. The number of esters is 1. The first-order chi connectivity index (χ1) is 17.0. The summed E-state index contributed by atoms with van der Waals surface area (Å²) in [6, 6.07) is 8.72. The molecule has 0 bridgehead atoms. The van der Waals surface area contributed by atoms with Gasteiger partial charge in [-0.2, -0.15) is 4.98 Å². The lowest BCUT2D eigenvalue weighted by molar-refractivity contribution is 0.0508. The minimum Gasteiger partial charge on any atom is -0.460 e. The Morgan fingerprint density at radius 1 is 1.17 bits per heavy atom. The van der Waals surface area contributed by atoms with Gasteiger partial charge in [0.15, 0.2) is 0 Å². The molecule has 2 aromatic heterocycles. The molecule has 9 heteroatoms. The first-order valence-corrected chi connectivity index (χ1v) is 12.6. The monoisotopic (exact) mass is 479 g/mol. The molecule has 9 nitrogen and oxygen atoms in total. The molecule has 5 rings (SSSR count). The normalized spacial score (nSPS) is 21.4. The van der Waals surface area contributed by atoms with E-state index < -0.39 is 5.97 Å². The summed E-state index contributed by atoms with van der Waals surface area (Å²) < 4.78 is 10.5. The molecule has 0 spiro atoms. The van der Waals surface area contributed by atoms with E-state index in [-0.39, 0.29) is 30.5 Å². The molecule has 2 unspecified atom stereocenters. The number of carbonyl (C=O) groups excluding carboxylic acids is 1. The summed E-state index contributed by atoms with van der Waals surface area (Å²) in [5.74, 6) is 0.331. The van der Waals surface area contributed by atoms with Crippen LogP contribution < -0.4 is 10.2 Å². The molecule has 0 amide bonds. The van der Waals surface area contributed by atoms with E-state index in [0.29, 0.717) is 11.6 Å². The zero-order valence-electron chi connectivity index (χ0n) is 20.4. The molecule has 1 aliphatic heterocycles. The van der Waals surface area contributed by atoms with Crippen molar-refractivity contribution in [1.82, 2.24) is 20.4 Å². The first-order valence-electron chi connectivity index (χ1n) is 12.6. The largest absolute Gasteiger partial charge is 0.460 e. The van der Waals surface area contributed by atoms with E-state index in [9.17, 15) is 9.90 Å². The van der Waals surface area contributed by atoms with Crippen LogP contribution in [0.25, 0.3) is 22.4 Å². The summed E-state index contributed by atoms with van der Waals surface area (Å²) in [5, 5.41) is 18.9. The van der Waals surface area contributed by atoms with Crippen LogP contribution in [0.5, 0.6) is 0 Å². The number of aliphatic hydroxyl groups is 1. The van der Waals surface area contributed by atoms with Gasteiger partial charge < -0.3 is 24.6 Å². The number of aryl methyl sites for hydroxylation is 1. The first kappa shape index (κ1) is 23.7. The summed E-state index contributed by atoms with van der Waals surface area (Å²) >= 11 is 0. The number of hydrogen-bond donors (Lipinski definition) is 2. The Balaban J connectivity index is 1.40. The van der Waals surface area contributed by atoms with Crippen LogP contribution in [0.1, 0.15) is 61.6 Å². The molecular formula is C26H33N5O4. The number of ether oxygens (including phenoxy) is 1. The number of hydrogen-bond acceptors (Lipinski definition) is 9. The highest BCUT2D eigenvalue weighted by Gasteiger charge is 2.29. The van der Waals surface area contributed by atoms with Gasteiger partial charge >= 0.3 is 5.97 Å². The number of nitrogens with zero attached hydrogens (tertiary/aromatic N) is 4. The number of carbonyl (C=O) groups is 1. The van der Waals surface area contributed by atoms with Crippen molar-refractivity contribution in [2.75, 3.05) is 24.6 Å².